The lowest BCUT2D eigenvalue weighted by atomic mass is 9.77. The fraction of sp³-hybridized carbons (Fsp3) is 0.750. The summed E-state index contributed by atoms with van der Waals surface area (Å²) in [5, 5.41) is 61.2. The molecule has 3 aliphatic heterocycles. The van der Waals surface area contributed by atoms with Crippen LogP contribution in [-0.4, -0.2) is 189 Å². The third kappa shape index (κ3) is 16.1. The number of aryl methyl sites for hydroxylation is 1. The Kier molecular flexibility index (Phi) is 22.5. The maximum Gasteiger partial charge on any atom is 0.311 e. The van der Waals surface area contributed by atoms with Crippen molar-refractivity contribution in [3.63, 3.8) is 0 Å². The highest BCUT2D eigenvalue weighted by molar-refractivity contribution is 5.73. The molecule has 3 saturated heterocycles. The second-order valence-electron chi connectivity index (χ2n) is 22.8. The molecule has 0 unspecified atom stereocenters. The maximum absolute atomic E-state index is 14.5. The average Bonchev–Trinajstić information content (AvgIpc) is 3.35. The van der Waals surface area contributed by atoms with Crippen LogP contribution in [0.25, 0.3) is 11.1 Å². The Hall–Kier alpha value is -3.38. The van der Waals surface area contributed by atoms with Gasteiger partial charge in [-0.2, -0.15) is 0 Å². The van der Waals surface area contributed by atoms with E-state index in [0.29, 0.717) is 51.4 Å². The zero-order valence-corrected chi connectivity index (χ0v) is 47.3. The number of carbonyl (C=O) groups excluding carboxylic acids is 1. The number of ether oxygens (including phenoxy) is 7. The zero-order chi connectivity index (χ0) is 55.7. The summed E-state index contributed by atoms with van der Waals surface area (Å²) in [6, 6.07) is 11.2. The number of likely N-dealkylation sites (N-methyl/N-ethyl adjacent to an activating group) is 2. The molecule has 18 atom stereocenters. The van der Waals surface area contributed by atoms with E-state index in [1.165, 1.54) is 19.0 Å². The average molecular weight is 1060 g/mol. The van der Waals surface area contributed by atoms with E-state index in [4.69, 9.17) is 44.7 Å². The van der Waals surface area contributed by atoms with Crippen molar-refractivity contribution in [3.8, 4) is 11.1 Å². The smallest absolute Gasteiger partial charge is 0.311 e. The van der Waals surface area contributed by atoms with Gasteiger partial charge in [-0.25, -0.2) is 5.84 Å². The van der Waals surface area contributed by atoms with Crippen molar-refractivity contribution >= 4 is 5.97 Å². The number of nitrogens with two attached hydrogens (primary N) is 2. The monoisotopic (exact) mass is 1060 g/mol. The third-order valence-corrected chi connectivity index (χ3v) is 16.2. The number of aromatic nitrogens is 1. The fourth-order valence-electron chi connectivity index (χ4n) is 11.3. The van der Waals surface area contributed by atoms with Gasteiger partial charge in [0.1, 0.15) is 30.0 Å². The first-order chi connectivity index (χ1) is 35.1. The van der Waals surface area contributed by atoms with Crippen molar-refractivity contribution in [2.75, 3.05) is 47.4 Å². The first-order valence-corrected chi connectivity index (χ1v) is 27.0. The number of aliphatic hydroxyl groups excluding tert-OH is 3. The van der Waals surface area contributed by atoms with Gasteiger partial charge in [-0.3, -0.25) is 9.78 Å². The molecule has 0 amide bonds. The minimum Gasteiger partial charge on any atom is -0.459 e. The fourth-order valence-corrected chi connectivity index (χ4v) is 11.3. The summed E-state index contributed by atoms with van der Waals surface area (Å²) >= 11 is 0. The van der Waals surface area contributed by atoms with Crippen LogP contribution in [0.2, 0.25) is 0 Å². The van der Waals surface area contributed by atoms with Crippen molar-refractivity contribution in [1.82, 2.24) is 19.8 Å². The number of benzene rings is 1. The third-order valence-electron chi connectivity index (χ3n) is 16.2. The summed E-state index contributed by atoms with van der Waals surface area (Å²) in [6.45, 7) is 21.6. The summed E-state index contributed by atoms with van der Waals surface area (Å²) in [7, 11) is 5.24. The van der Waals surface area contributed by atoms with Crippen LogP contribution in [0.1, 0.15) is 113 Å². The second-order valence-corrected chi connectivity index (χ2v) is 22.8. The molecule has 2 aromatic rings. The highest BCUT2D eigenvalue weighted by Crippen LogP contribution is 2.40. The van der Waals surface area contributed by atoms with E-state index in [0.717, 1.165) is 22.4 Å². The number of aliphatic hydroxyl groups is 5. The molecule has 0 spiro atoms. The molecule has 0 bridgehead atoms. The zero-order valence-electron chi connectivity index (χ0n) is 47.3. The number of carbonyl (C=O) groups is 1. The first-order valence-electron chi connectivity index (χ1n) is 27.0. The Morgan fingerprint density at radius 1 is 0.947 bits per heavy atom. The van der Waals surface area contributed by atoms with Crippen molar-refractivity contribution in [3.05, 3.63) is 65.7 Å². The number of cyclic esters (lactones) is 1. The van der Waals surface area contributed by atoms with Gasteiger partial charge in [0.25, 0.3) is 0 Å². The van der Waals surface area contributed by atoms with Gasteiger partial charge in [0, 0.05) is 80.4 Å². The van der Waals surface area contributed by atoms with Gasteiger partial charge in [0.05, 0.1) is 61.3 Å². The van der Waals surface area contributed by atoms with E-state index in [1.807, 2.05) is 76.0 Å². The van der Waals surface area contributed by atoms with Gasteiger partial charge >= 0.3 is 5.97 Å². The van der Waals surface area contributed by atoms with Crippen LogP contribution in [0.5, 0.6) is 0 Å². The summed E-state index contributed by atoms with van der Waals surface area (Å²) in [5.41, 5.74) is 6.65. The highest BCUT2D eigenvalue weighted by atomic mass is 16.7. The van der Waals surface area contributed by atoms with Crippen LogP contribution in [0, 0.1) is 24.7 Å². The van der Waals surface area contributed by atoms with Crippen LogP contribution in [0.3, 0.4) is 0 Å². The highest BCUT2D eigenvalue weighted by Gasteiger charge is 2.53. The van der Waals surface area contributed by atoms with E-state index < -0.39 is 102 Å². The minimum atomic E-state index is -1.84. The molecule has 3 fully saturated rings. The Labute approximate surface area is 446 Å². The van der Waals surface area contributed by atoms with Gasteiger partial charge < -0.3 is 79.2 Å². The van der Waals surface area contributed by atoms with Gasteiger partial charge in [0.2, 0.25) is 0 Å². The van der Waals surface area contributed by atoms with Crippen molar-refractivity contribution in [2.45, 2.75) is 205 Å². The summed E-state index contributed by atoms with van der Waals surface area (Å²) in [4.78, 5) is 22.8. The molecular weight excluding hydrogens is 965 g/mol. The van der Waals surface area contributed by atoms with Gasteiger partial charge in [-0.1, -0.05) is 51.1 Å². The van der Waals surface area contributed by atoms with Crippen LogP contribution in [0.15, 0.2) is 54.5 Å². The molecule has 75 heavy (non-hydrogen) atoms. The molecule has 9 N–H and O–H groups in total. The van der Waals surface area contributed by atoms with Crippen LogP contribution in [-0.2, 0) is 44.6 Å². The normalized spacial score (nSPS) is 38.2. The number of rotatable bonds is 17. The minimum absolute atomic E-state index is 0.0963. The molecule has 0 radical (unpaired) electrons. The Bertz CT molecular complexity index is 2100. The number of hydrogen-bond donors (Lipinski definition) is 7. The quantitative estimate of drug-likeness (QED) is 0.0507. The Morgan fingerprint density at radius 3 is 2.24 bits per heavy atom. The number of hydrogen-bond acceptors (Lipinski definition) is 19. The van der Waals surface area contributed by atoms with Crippen LogP contribution in [0.4, 0.5) is 0 Å². The molecule has 1 aromatic carbocycles. The molecule has 0 saturated carbocycles. The molecule has 4 heterocycles. The molecule has 5 rings (SSSR count). The number of esters is 1. The van der Waals surface area contributed by atoms with E-state index in [-0.39, 0.29) is 31.3 Å². The largest absolute Gasteiger partial charge is 0.459 e. The predicted octanol–water partition coefficient (Wildman–Crippen LogP) is 4.22. The van der Waals surface area contributed by atoms with Crippen LogP contribution >= 0.6 is 0 Å². The van der Waals surface area contributed by atoms with Crippen molar-refractivity contribution < 1.29 is 63.5 Å². The van der Waals surface area contributed by atoms with Gasteiger partial charge in [-0.05, 0) is 112 Å². The predicted molar refractivity (Wildman–Crippen MR) is 285 cm³/mol. The molecule has 1 aromatic heterocycles. The summed E-state index contributed by atoms with van der Waals surface area (Å²) in [5.74, 6) is 3.51. The summed E-state index contributed by atoms with van der Waals surface area (Å²) < 4.78 is 44.2. The topological polar surface area (TPSA) is 257 Å². The number of hydrazine groups is 1. The van der Waals surface area contributed by atoms with Gasteiger partial charge in [-0.15, -0.1) is 0 Å². The van der Waals surface area contributed by atoms with Crippen LogP contribution < -0.4 is 11.6 Å². The van der Waals surface area contributed by atoms with Crippen molar-refractivity contribution in [1.29, 1.82) is 0 Å². The lowest BCUT2D eigenvalue weighted by Crippen LogP contribution is -2.61. The number of pyridine rings is 1. The molecule has 426 valence electrons. The van der Waals surface area contributed by atoms with E-state index >= 15 is 0 Å². The summed E-state index contributed by atoms with van der Waals surface area (Å²) in [6.07, 6.45) is -5.19. The molecule has 19 nitrogen and oxygen atoms in total. The van der Waals surface area contributed by atoms with E-state index in [1.54, 1.807) is 47.7 Å². The Morgan fingerprint density at radius 2 is 1.61 bits per heavy atom. The molecular formula is C56H94N6O13. The number of nitrogens with zero attached hydrogens (tertiary/aromatic N) is 4. The lowest BCUT2D eigenvalue weighted by molar-refractivity contribution is -0.318. The number of methoxy groups -OCH3 is 1. The second kappa shape index (κ2) is 27.0. The lowest BCUT2D eigenvalue weighted by Gasteiger charge is -2.49. The maximum atomic E-state index is 14.5. The molecule has 3 aliphatic rings. The van der Waals surface area contributed by atoms with Gasteiger partial charge in [0.15, 0.2) is 12.6 Å². The van der Waals surface area contributed by atoms with E-state index in [2.05, 4.69) is 23.2 Å². The first kappa shape index (κ1) is 62.5. The molecule has 19 heteroatoms. The van der Waals surface area contributed by atoms with E-state index in [9.17, 15) is 30.3 Å². The Balaban J connectivity index is 1.33. The van der Waals surface area contributed by atoms with Crippen molar-refractivity contribution in [2.24, 2.45) is 29.3 Å². The SMILES string of the molecule is CC[C@H]1OC(=O)[C@H](C)[C@@H](O[C@H]2C[C@@](C)(OC)[C@@H](O)[C@H](C)O2)[C@H](C)[C@@H](O[C@@H]2O[C@H](C)C[C@H](N(C)CC/C(N)=C/N(N)CCOCc3ccc(-c4ccc(C)nc4)cc3)[C@H]2O)[C@](C)(O)C[C@@H](C)CN(C)[C@H](C)[C@@H](O)[C@]1(C)O. The molecule has 0 aliphatic carbocycles. The standard InChI is InChI=1S/C56H94N6O13/c1-15-45-56(11,68)49(64)38(7)61(13)30-33(2)27-54(9,67)51(36(5)48(37(6)52(66)73-45)74-46-28-55(10,69-14)50(65)39(8)72-46)75-53-47(63)44(26-35(4)71-53)60(12)23-22-43(57)31-62(58)24-25-70-32-40-17-20-41(21-18-40)42-19-16-34(3)59-29-42/h16-21,29,31,33,35-39,44-51,53,63-65,67-68H,15,22-28,30,32,57-58H2,1-14H3/b43-31-/t33-,35-,36+,37-,38-,39+,44+,45-,46+,47-,48+,49-,50+,51-,53+,54-,55-,56-/m1/s1.